The van der Waals surface area contributed by atoms with Crippen molar-refractivity contribution in [1.82, 2.24) is 15.1 Å². The van der Waals surface area contributed by atoms with Crippen molar-refractivity contribution in [1.29, 1.82) is 0 Å². The van der Waals surface area contributed by atoms with Gasteiger partial charge in [-0.3, -0.25) is 4.68 Å². The molecule has 0 aliphatic rings. The Morgan fingerprint density at radius 3 is 2.55 bits per heavy atom. The normalized spacial score (nSPS) is 15.0. The molecule has 1 atom stereocenters. The molecule has 0 radical (unpaired) electrons. The molecule has 1 rings (SSSR count). The Morgan fingerprint density at radius 2 is 2.00 bits per heavy atom. The summed E-state index contributed by atoms with van der Waals surface area (Å²) in [5, 5.41) is 18.4. The number of rotatable bonds is 9. The first kappa shape index (κ1) is 17.2. The smallest absolute Gasteiger partial charge is 0.0687 e. The molecule has 1 unspecified atom stereocenters. The van der Waals surface area contributed by atoms with Crippen LogP contribution in [0, 0.1) is 0 Å². The Balaban J connectivity index is 2.54. The molecular weight excluding hydrogens is 250 g/mol. The largest absolute Gasteiger partial charge is 0.390 e. The molecule has 0 spiro atoms. The van der Waals surface area contributed by atoms with Crippen molar-refractivity contribution < 1.29 is 5.11 Å². The van der Waals surface area contributed by atoms with Crippen LogP contribution in [0.4, 0.5) is 0 Å². The number of hydrogen-bond acceptors (Lipinski definition) is 3. The molecule has 4 nitrogen and oxygen atoms in total. The van der Waals surface area contributed by atoms with Crippen molar-refractivity contribution in [3.63, 3.8) is 0 Å². The molecule has 20 heavy (non-hydrogen) atoms. The lowest BCUT2D eigenvalue weighted by Gasteiger charge is -2.23. The van der Waals surface area contributed by atoms with Gasteiger partial charge in [0.15, 0.2) is 0 Å². The first-order valence-corrected chi connectivity index (χ1v) is 7.87. The second kappa shape index (κ2) is 7.79. The molecule has 0 saturated heterocycles. The highest BCUT2D eigenvalue weighted by Crippen LogP contribution is 2.18. The third-order valence-corrected chi connectivity index (χ3v) is 3.76. The van der Waals surface area contributed by atoms with E-state index in [4.69, 9.17) is 0 Å². The second-order valence-corrected chi connectivity index (χ2v) is 6.29. The first-order valence-electron chi connectivity index (χ1n) is 7.87. The van der Waals surface area contributed by atoms with Gasteiger partial charge in [-0.2, -0.15) is 5.10 Å². The molecular formula is C16H31N3O. The zero-order chi connectivity index (χ0) is 15.2. The average molecular weight is 281 g/mol. The van der Waals surface area contributed by atoms with Crippen LogP contribution in [0.15, 0.2) is 12.3 Å². The zero-order valence-corrected chi connectivity index (χ0v) is 13.7. The van der Waals surface area contributed by atoms with Crippen LogP contribution in [0.2, 0.25) is 0 Å². The van der Waals surface area contributed by atoms with Gasteiger partial charge in [0.1, 0.15) is 0 Å². The van der Waals surface area contributed by atoms with E-state index in [1.165, 1.54) is 0 Å². The van der Waals surface area contributed by atoms with E-state index >= 15 is 0 Å². The monoisotopic (exact) mass is 281 g/mol. The van der Waals surface area contributed by atoms with Crippen molar-refractivity contribution in [2.45, 2.75) is 78.0 Å². The lowest BCUT2D eigenvalue weighted by atomic mass is 9.96. The van der Waals surface area contributed by atoms with Gasteiger partial charge in [-0.25, -0.2) is 0 Å². The van der Waals surface area contributed by atoms with Gasteiger partial charge in [0.2, 0.25) is 0 Å². The third kappa shape index (κ3) is 5.63. The summed E-state index contributed by atoms with van der Waals surface area (Å²) in [6, 6.07) is 2.96. The van der Waals surface area contributed by atoms with Gasteiger partial charge < -0.3 is 10.4 Å². The number of aromatic nitrogens is 2. The van der Waals surface area contributed by atoms with Gasteiger partial charge in [-0.1, -0.05) is 27.7 Å². The molecule has 0 saturated carbocycles. The highest BCUT2D eigenvalue weighted by atomic mass is 16.3. The maximum atomic E-state index is 10.5. The van der Waals surface area contributed by atoms with E-state index in [-0.39, 0.29) is 0 Å². The fraction of sp³-hybridized carbons (Fsp3) is 0.812. The Bertz CT molecular complexity index is 381. The summed E-state index contributed by atoms with van der Waals surface area (Å²) in [5.41, 5.74) is 0.279. The summed E-state index contributed by atoms with van der Waals surface area (Å²) in [4.78, 5) is 0. The first-order chi connectivity index (χ1) is 9.38. The number of aliphatic hydroxyl groups is 1. The maximum Gasteiger partial charge on any atom is 0.0687 e. The van der Waals surface area contributed by atoms with Crippen molar-refractivity contribution in [3.8, 4) is 0 Å². The quantitative estimate of drug-likeness (QED) is 0.731. The van der Waals surface area contributed by atoms with Gasteiger partial charge >= 0.3 is 0 Å². The topological polar surface area (TPSA) is 50.1 Å². The summed E-state index contributed by atoms with van der Waals surface area (Å²) in [6.45, 7) is 11.3. The summed E-state index contributed by atoms with van der Waals surface area (Å²) < 4.78 is 2.04. The van der Waals surface area contributed by atoms with Crippen molar-refractivity contribution >= 4 is 0 Å². The Labute approximate surface area is 123 Å². The van der Waals surface area contributed by atoms with Crippen LogP contribution in [-0.2, 0) is 6.42 Å². The SMILES string of the molecule is CCC(CC)n1ccc(CC(C)(O)CCNC(C)C)n1. The van der Waals surface area contributed by atoms with Crippen LogP contribution in [0.25, 0.3) is 0 Å². The summed E-state index contributed by atoms with van der Waals surface area (Å²) in [6.07, 6.45) is 5.57. The number of nitrogens with zero attached hydrogens (tertiary/aromatic N) is 2. The minimum atomic E-state index is -0.699. The van der Waals surface area contributed by atoms with Crippen molar-refractivity contribution in [2.75, 3.05) is 6.54 Å². The molecule has 1 heterocycles. The van der Waals surface area contributed by atoms with Gasteiger partial charge in [0.25, 0.3) is 0 Å². The molecule has 0 bridgehead atoms. The predicted octanol–water partition coefficient (Wildman–Crippen LogP) is 2.93. The molecule has 1 aromatic heterocycles. The van der Waals surface area contributed by atoms with Crippen molar-refractivity contribution in [3.05, 3.63) is 18.0 Å². The Hall–Kier alpha value is -0.870. The van der Waals surface area contributed by atoms with E-state index in [1.54, 1.807) is 0 Å². The van der Waals surface area contributed by atoms with Crippen LogP contribution in [0.5, 0.6) is 0 Å². The van der Waals surface area contributed by atoms with Crippen LogP contribution in [-0.4, -0.2) is 33.1 Å². The second-order valence-electron chi connectivity index (χ2n) is 6.29. The highest BCUT2D eigenvalue weighted by Gasteiger charge is 2.22. The number of hydrogen-bond donors (Lipinski definition) is 2. The van der Waals surface area contributed by atoms with Gasteiger partial charge in [-0.05, 0) is 38.8 Å². The van der Waals surface area contributed by atoms with Gasteiger partial charge in [-0.15, -0.1) is 0 Å². The molecule has 0 aromatic carbocycles. The van der Waals surface area contributed by atoms with Crippen LogP contribution in [0.3, 0.4) is 0 Å². The highest BCUT2D eigenvalue weighted by molar-refractivity contribution is 5.04. The van der Waals surface area contributed by atoms with E-state index in [2.05, 4.69) is 38.1 Å². The molecule has 0 fully saturated rings. The molecule has 4 heteroatoms. The molecule has 0 aliphatic heterocycles. The van der Waals surface area contributed by atoms with Gasteiger partial charge in [0.05, 0.1) is 17.3 Å². The van der Waals surface area contributed by atoms with E-state index in [0.29, 0.717) is 18.5 Å². The molecule has 0 aliphatic carbocycles. The molecule has 1 aromatic rings. The van der Waals surface area contributed by atoms with Gasteiger partial charge in [0, 0.05) is 18.7 Å². The van der Waals surface area contributed by atoms with E-state index in [9.17, 15) is 5.11 Å². The van der Waals surface area contributed by atoms with Crippen LogP contribution in [0.1, 0.15) is 65.6 Å². The minimum Gasteiger partial charge on any atom is -0.390 e. The van der Waals surface area contributed by atoms with Crippen LogP contribution >= 0.6 is 0 Å². The molecule has 2 N–H and O–H groups in total. The molecule has 0 amide bonds. The van der Waals surface area contributed by atoms with E-state index in [1.807, 2.05) is 23.9 Å². The summed E-state index contributed by atoms with van der Waals surface area (Å²) >= 11 is 0. The summed E-state index contributed by atoms with van der Waals surface area (Å²) in [7, 11) is 0. The minimum absolute atomic E-state index is 0.458. The van der Waals surface area contributed by atoms with E-state index in [0.717, 1.165) is 31.5 Å². The fourth-order valence-corrected chi connectivity index (χ4v) is 2.45. The Morgan fingerprint density at radius 1 is 1.35 bits per heavy atom. The lowest BCUT2D eigenvalue weighted by Crippen LogP contribution is -2.34. The fourth-order valence-electron chi connectivity index (χ4n) is 2.45. The van der Waals surface area contributed by atoms with E-state index < -0.39 is 5.60 Å². The Kier molecular flexibility index (Phi) is 6.69. The zero-order valence-electron chi connectivity index (χ0n) is 13.7. The predicted molar refractivity (Wildman–Crippen MR) is 83.9 cm³/mol. The average Bonchev–Trinajstić information content (AvgIpc) is 2.77. The standard InChI is InChI=1S/C16H31N3O/c1-6-15(7-2)19-11-8-14(18-19)12-16(5,20)9-10-17-13(3)4/h8,11,13,15,17,20H,6-7,9-10,12H2,1-5H3. The summed E-state index contributed by atoms with van der Waals surface area (Å²) in [5.74, 6) is 0. The third-order valence-electron chi connectivity index (χ3n) is 3.76. The van der Waals surface area contributed by atoms with Crippen LogP contribution < -0.4 is 5.32 Å². The van der Waals surface area contributed by atoms with Crippen molar-refractivity contribution in [2.24, 2.45) is 0 Å². The number of nitrogens with one attached hydrogen (secondary N) is 1. The lowest BCUT2D eigenvalue weighted by molar-refractivity contribution is 0.0499. The maximum absolute atomic E-state index is 10.5. The molecule has 116 valence electrons.